The molecule has 2 aromatic carbocycles. The Hall–Kier alpha value is -2.33. The van der Waals surface area contributed by atoms with E-state index < -0.39 is 0 Å². The van der Waals surface area contributed by atoms with Gasteiger partial charge in [0.25, 0.3) is 0 Å². The van der Waals surface area contributed by atoms with E-state index in [0.717, 1.165) is 38.1 Å². The van der Waals surface area contributed by atoms with E-state index in [2.05, 4.69) is 67.5 Å². The highest BCUT2D eigenvalue weighted by Gasteiger charge is 2.52. The first-order valence-corrected chi connectivity index (χ1v) is 9.68. The molecule has 1 spiro atoms. The number of hydrazone groups is 1. The summed E-state index contributed by atoms with van der Waals surface area (Å²) in [4.78, 5) is 1.58. The lowest BCUT2D eigenvalue weighted by Crippen LogP contribution is -3.11. The largest absolute Gasteiger partial charge is 0.466 e. The number of rotatable bonds is 1. The number of piperidine rings is 1. The zero-order chi connectivity index (χ0) is 17.7. The van der Waals surface area contributed by atoms with Gasteiger partial charge in [-0.05, 0) is 18.6 Å². The molecule has 0 amide bonds. The average Bonchev–Trinajstić information content (AvgIpc) is 3.12. The lowest BCUT2D eigenvalue weighted by atomic mass is 9.91. The Labute approximate surface area is 155 Å². The number of nitrogens with one attached hydrogen (secondary N) is 1. The molecule has 3 heterocycles. The Kier molecular flexibility index (Phi) is 3.57. The van der Waals surface area contributed by atoms with Crippen LogP contribution in [0.2, 0.25) is 0 Å². The number of benzene rings is 2. The summed E-state index contributed by atoms with van der Waals surface area (Å²) in [6, 6.07) is 17.6. The second-order valence-corrected chi connectivity index (χ2v) is 8.02. The van der Waals surface area contributed by atoms with E-state index in [1.807, 2.05) is 0 Å². The van der Waals surface area contributed by atoms with E-state index >= 15 is 0 Å². The normalized spacial score (nSPS) is 29.8. The minimum Gasteiger partial charge on any atom is -0.466 e. The molecule has 4 heteroatoms. The predicted octanol–water partition coefficient (Wildman–Crippen LogP) is 2.54. The van der Waals surface area contributed by atoms with Gasteiger partial charge in [0.1, 0.15) is 5.75 Å². The summed E-state index contributed by atoms with van der Waals surface area (Å²) in [6.07, 6.45) is 3.00. The second-order valence-electron chi connectivity index (χ2n) is 8.02. The highest BCUT2D eigenvalue weighted by Crippen LogP contribution is 2.49. The van der Waals surface area contributed by atoms with Crippen LogP contribution < -0.4 is 9.64 Å². The molecule has 1 N–H and O–H groups in total. The first-order valence-electron chi connectivity index (χ1n) is 9.68. The van der Waals surface area contributed by atoms with E-state index in [0.29, 0.717) is 0 Å². The fourth-order valence-corrected chi connectivity index (χ4v) is 4.55. The van der Waals surface area contributed by atoms with E-state index in [4.69, 9.17) is 9.84 Å². The van der Waals surface area contributed by atoms with Gasteiger partial charge in [-0.2, -0.15) is 5.10 Å². The van der Waals surface area contributed by atoms with Gasteiger partial charge in [0.05, 0.1) is 44.7 Å². The third kappa shape index (κ3) is 2.43. The van der Waals surface area contributed by atoms with Crippen molar-refractivity contribution in [2.45, 2.75) is 38.0 Å². The van der Waals surface area contributed by atoms with E-state index in [-0.39, 0.29) is 11.8 Å². The SMILES string of the molecule is Cc1ccc(C2=NN3[C@@H](C2)c2ccccc2OC32CC[NH+](C)CC2)cc1. The molecule has 0 aliphatic carbocycles. The van der Waals surface area contributed by atoms with Crippen LogP contribution in [0.5, 0.6) is 5.75 Å². The molecule has 0 radical (unpaired) electrons. The molecular weight excluding hydrogens is 322 g/mol. The number of hydrogen-bond donors (Lipinski definition) is 1. The Morgan fingerprint density at radius 2 is 1.81 bits per heavy atom. The number of fused-ring (bicyclic) bond motifs is 4. The zero-order valence-corrected chi connectivity index (χ0v) is 15.5. The lowest BCUT2D eigenvalue weighted by Gasteiger charge is -2.49. The standard InChI is InChI=1S/C22H25N3O/c1-16-7-9-17(10-8-16)19-15-20-18-5-3-4-6-21(18)26-22(25(20)23-19)11-13-24(2)14-12-22/h3-10,20H,11-15H2,1-2H3/p+1/t20-/m0/s1. The summed E-state index contributed by atoms with van der Waals surface area (Å²) in [5, 5.41) is 7.43. The Morgan fingerprint density at radius 1 is 1.08 bits per heavy atom. The average molecular weight is 348 g/mol. The molecule has 134 valence electrons. The van der Waals surface area contributed by atoms with Crippen molar-refractivity contribution in [2.24, 2.45) is 5.10 Å². The van der Waals surface area contributed by atoms with Gasteiger partial charge in [0.2, 0.25) is 5.72 Å². The van der Waals surface area contributed by atoms with Crippen LogP contribution in [-0.4, -0.2) is 36.6 Å². The summed E-state index contributed by atoms with van der Waals surface area (Å²) in [6.45, 7) is 4.38. The summed E-state index contributed by atoms with van der Waals surface area (Å²) in [5.74, 6) is 1.05. The Bertz CT molecular complexity index is 850. The molecule has 0 aromatic heterocycles. The van der Waals surface area contributed by atoms with Crippen LogP contribution in [0.25, 0.3) is 0 Å². The van der Waals surface area contributed by atoms with Crippen molar-refractivity contribution in [3.05, 3.63) is 65.2 Å². The van der Waals surface area contributed by atoms with Crippen molar-refractivity contribution in [3.8, 4) is 5.75 Å². The van der Waals surface area contributed by atoms with Gasteiger partial charge in [-0.15, -0.1) is 0 Å². The highest BCUT2D eigenvalue weighted by molar-refractivity contribution is 6.02. The van der Waals surface area contributed by atoms with Crippen molar-refractivity contribution < 1.29 is 9.64 Å². The van der Waals surface area contributed by atoms with Crippen LogP contribution >= 0.6 is 0 Å². The summed E-state index contributed by atoms with van der Waals surface area (Å²) >= 11 is 0. The molecule has 1 atom stereocenters. The maximum absolute atomic E-state index is 6.63. The van der Waals surface area contributed by atoms with Crippen molar-refractivity contribution in [1.29, 1.82) is 0 Å². The molecule has 0 unspecified atom stereocenters. The monoisotopic (exact) mass is 348 g/mol. The minimum absolute atomic E-state index is 0.287. The molecule has 4 nitrogen and oxygen atoms in total. The highest BCUT2D eigenvalue weighted by atomic mass is 16.5. The fourth-order valence-electron chi connectivity index (χ4n) is 4.55. The number of likely N-dealkylation sites (tertiary alicyclic amines) is 1. The van der Waals surface area contributed by atoms with Gasteiger partial charge in [0, 0.05) is 12.0 Å². The quantitative estimate of drug-likeness (QED) is 0.858. The number of ether oxygens (including phenoxy) is 1. The number of hydrogen-bond acceptors (Lipinski definition) is 3. The fraction of sp³-hybridized carbons (Fsp3) is 0.409. The summed E-state index contributed by atoms with van der Waals surface area (Å²) < 4.78 is 6.63. The third-order valence-corrected chi connectivity index (χ3v) is 6.18. The van der Waals surface area contributed by atoms with Gasteiger partial charge < -0.3 is 9.64 Å². The molecule has 3 aliphatic heterocycles. The lowest BCUT2D eigenvalue weighted by molar-refractivity contribution is -0.888. The molecule has 1 fully saturated rings. The first kappa shape index (κ1) is 15.9. The van der Waals surface area contributed by atoms with Crippen LogP contribution in [0, 0.1) is 6.92 Å². The Morgan fingerprint density at radius 3 is 2.58 bits per heavy atom. The second kappa shape index (κ2) is 5.85. The zero-order valence-electron chi connectivity index (χ0n) is 15.5. The van der Waals surface area contributed by atoms with Crippen LogP contribution in [0.1, 0.15) is 42.0 Å². The minimum atomic E-state index is -0.287. The van der Waals surface area contributed by atoms with Crippen LogP contribution in [0.15, 0.2) is 53.6 Å². The first-order chi connectivity index (χ1) is 12.6. The molecule has 5 rings (SSSR count). The van der Waals surface area contributed by atoms with Gasteiger partial charge in [-0.3, -0.25) is 0 Å². The van der Waals surface area contributed by atoms with Crippen LogP contribution in [-0.2, 0) is 0 Å². The Balaban J connectivity index is 1.57. The van der Waals surface area contributed by atoms with Gasteiger partial charge in [-0.1, -0.05) is 48.0 Å². The van der Waals surface area contributed by atoms with Crippen molar-refractivity contribution in [3.63, 3.8) is 0 Å². The van der Waals surface area contributed by atoms with Gasteiger partial charge in [0.15, 0.2) is 0 Å². The number of quaternary nitrogens is 1. The van der Waals surface area contributed by atoms with Gasteiger partial charge in [-0.25, -0.2) is 5.01 Å². The molecule has 0 saturated carbocycles. The van der Waals surface area contributed by atoms with E-state index in [1.54, 1.807) is 4.90 Å². The number of para-hydroxylation sites is 1. The predicted molar refractivity (Wildman–Crippen MR) is 103 cm³/mol. The third-order valence-electron chi connectivity index (χ3n) is 6.18. The topological polar surface area (TPSA) is 29.3 Å². The molecule has 26 heavy (non-hydrogen) atoms. The van der Waals surface area contributed by atoms with E-state index in [1.165, 1.54) is 22.4 Å². The molecule has 2 aromatic rings. The van der Waals surface area contributed by atoms with E-state index in [9.17, 15) is 0 Å². The van der Waals surface area contributed by atoms with Gasteiger partial charge >= 0.3 is 0 Å². The van der Waals surface area contributed by atoms with Crippen molar-refractivity contribution >= 4 is 5.71 Å². The summed E-state index contributed by atoms with van der Waals surface area (Å²) in [5.41, 5.74) is 4.69. The maximum Gasteiger partial charge on any atom is 0.208 e. The summed E-state index contributed by atoms with van der Waals surface area (Å²) in [7, 11) is 2.27. The van der Waals surface area contributed by atoms with Crippen molar-refractivity contribution in [1.82, 2.24) is 5.01 Å². The van der Waals surface area contributed by atoms with Crippen molar-refractivity contribution in [2.75, 3.05) is 20.1 Å². The number of aryl methyl sites for hydroxylation is 1. The van der Waals surface area contributed by atoms with Crippen LogP contribution in [0.3, 0.4) is 0 Å². The molecule has 0 bridgehead atoms. The molecular formula is C22H26N3O+. The smallest absolute Gasteiger partial charge is 0.208 e. The number of nitrogens with zero attached hydrogens (tertiary/aromatic N) is 2. The van der Waals surface area contributed by atoms with Crippen LogP contribution in [0.4, 0.5) is 0 Å². The molecule has 3 aliphatic rings. The maximum atomic E-state index is 6.63. The molecule has 1 saturated heterocycles.